The van der Waals surface area contributed by atoms with Gasteiger partial charge in [0.1, 0.15) is 6.67 Å². The molecule has 1 N–H and O–H groups in total. The summed E-state index contributed by atoms with van der Waals surface area (Å²) in [6.07, 6.45) is 0. The second-order valence-electron chi connectivity index (χ2n) is 3.63. The van der Waals surface area contributed by atoms with Crippen molar-refractivity contribution in [3.8, 4) is 0 Å². The highest BCUT2D eigenvalue weighted by Crippen LogP contribution is 2.19. The molecule has 10 heavy (non-hydrogen) atoms. The number of nitrogens with one attached hydrogen (secondary N) is 1. The van der Waals surface area contributed by atoms with E-state index in [9.17, 15) is 4.39 Å². The van der Waals surface area contributed by atoms with E-state index in [0.29, 0.717) is 0 Å². The van der Waals surface area contributed by atoms with E-state index in [0.717, 1.165) is 6.54 Å². The molecule has 2 heteroatoms. The fraction of sp³-hybridized carbons (Fsp3) is 1.00. The number of alkyl halides is 1. The van der Waals surface area contributed by atoms with Gasteiger partial charge in [-0.1, -0.05) is 27.7 Å². The summed E-state index contributed by atoms with van der Waals surface area (Å²) in [6.45, 7) is 8.68. The smallest absolute Gasteiger partial charge is 0.105 e. The Morgan fingerprint density at radius 1 is 1.40 bits per heavy atom. The predicted octanol–water partition coefficient (Wildman–Crippen LogP) is 1.98. The van der Waals surface area contributed by atoms with Gasteiger partial charge in [-0.25, -0.2) is 4.39 Å². The van der Waals surface area contributed by atoms with Gasteiger partial charge in [0, 0.05) is 6.04 Å². The van der Waals surface area contributed by atoms with E-state index in [2.05, 4.69) is 5.32 Å². The van der Waals surface area contributed by atoms with Crippen molar-refractivity contribution in [3.05, 3.63) is 0 Å². The molecular formula is C8H18FN. The standard InChI is InChI=1S/C8H18FN/c1-5-10-7(6-9)8(2,3)4/h7,10H,5-6H2,1-4H3. The van der Waals surface area contributed by atoms with Crippen molar-refractivity contribution in [2.45, 2.75) is 33.7 Å². The molecule has 1 atom stereocenters. The minimum Gasteiger partial charge on any atom is -0.311 e. The van der Waals surface area contributed by atoms with Crippen LogP contribution in [-0.4, -0.2) is 19.3 Å². The van der Waals surface area contributed by atoms with E-state index in [4.69, 9.17) is 0 Å². The van der Waals surface area contributed by atoms with Crippen molar-refractivity contribution in [2.75, 3.05) is 13.2 Å². The summed E-state index contributed by atoms with van der Waals surface area (Å²) >= 11 is 0. The van der Waals surface area contributed by atoms with Crippen LogP contribution in [0.2, 0.25) is 0 Å². The van der Waals surface area contributed by atoms with Crippen molar-refractivity contribution >= 4 is 0 Å². The first kappa shape index (κ1) is 9.89. The Morgan fingerprint density at radius 3 is 2.00 bits per heavy atom. The largest absolute Gasteiger partial charge is 0.311 e. The molecule has 1 unspecified atom stereocenters. The lowest BCUT2D eigenvalue weighted by Crippen LogP contribution is -2.41. The number of hydrogen-bond acceptors (Lipinski definition) is 1. The molecule has 0 aromatic carbocycles. The van der Waals surface area contributed by atoms with Gasteiger partial charge in [-0.2, -0.15) is 0 Å². The van der Waals surface area contributed by atoms with Crippen LogP contribution in [0.1, 0.15) is 27.7 Å². The lowest BCUT2D eigenvalue weighted by atomic mass is 9.87. The topological polar surface area (TPSA) is 12.0 Å². The fourth-order valence-corrected chi connectivity index (χ4v) is 0.839. The van der Waals surface area contributed by atoms with Crippen LogP contribution in [-0.2, 0) is 0 Å². The van der Waals surface area contributed by atoms with Gasteiger partial charge in [0.2, 0.25) is 0 Å². The van der Waals surface area contributed by atoms with E-state index < -0.39 is 0 Å². The maximum atomic E-state index is 12.3. The first-order valence-corrected chi connectivity index (χ1v) is 3.81. The van der Waals surface area contributed by atoms with Gasteiger partial charge >= 0.3 is 0 Å². The molecule has 0 saturated carbocycles. The Labute approximate surface area is 63.0 Å². The van der Waals surface area contributed by atoms with Crippen LogP contribution in [0.3, 0.4) is 0 Å². The van der Waals surface area contributed by atoms with Gasteiger partial charge in [-0.05, 0) is 12.0 Å². The van der Waals surface area contributed by atoms with Crippen LogP contribution >= 0.6 is 0 Å². The van der Waals surface area contributed by atoms with Crippen LogP contribution < -0.4 is 5.32 Å². The summed E-state index contributed by atoms with van der Waals surface area (Å²) < 4.78 is 12.3. The van der Waals surface area contributed by atoms with Crippen LogP contribution in [0.25, 0.3) is 0 Å². The van der Waals surface area contributed by atoms with Gasteiger partial charge in [0.05, 0.1) is 0 Å². The van der Waals surface area contributed by atoms with Gasteiger partial charge in [-0.3, -0.25) is 0 Å². The van der Waals surface area contributed by atoms with Crippen molar-refractivity contribution < 1.29 is 4.39 Å². The van der Waals surface area contributed by atoms with Crippen molar-refractivity contribution in [2.24, 2.45) is 5.41 Å². The number of halogens is 1. The average Bonchev–Trinajstić information content (AvgIpc) is 1.80. The Kier molecular flexibility index (Phi) is 3.87. The molecule has 0 bridgehead atoms. The molecule has 0 spiro atoms. The molecule has 1 nitrogen and oxygen atoms in total. The first-order chi connectivity index (χ1) is 4.52. The molecule has 0 heterocycles. The monoisotopic (exact) mass is 147 g/mol. The normalized spacial score (nSPS) is 15.3. The zero-order chi connectivity index (χ0) is 8.20. The Balaban J connectivity index is 3.81. The van der Waals surface area contributed by atoms with Gasteiger partial charge in [-0.15, -0.1) is 0 Å². The molecular weight excluding hydrogens is 129 g/mol. The average molecular weight is 147 g/mol. The van der Waals surface area contributed by atoms with Crippen LogP contribution in [0, 0.1) is 5.41 Å². The van der Waals surface area contributed by atoms with Crippen LogP contribution in [0.4, 0.5) is 4.39 Å². The molecule has 0 fully saturated rings. The van der Waals surface area contributed by atoms with Crippen LogP contribution in [0.5, 0.6) is 0 Å². The maximum Gasteiger partial charge on any atom is 0.105 e. The highest BCUT2D eigenvalue weighted by atomic mass is 19.1. The summed E-state index contributed by atoms with van der Waals surface area (Å²) in [6, 6.07) is -0.00231. The summed E-state index contributed by atoms with van der Waals surface area (Å²) in [7, 11) is 0. The van der Waals surface area contributed by atoms with E-state index in [-0.39, 0.29) is 18.1 Å². The summed E-state index contributed by atoms with van der Waals surface area (Å²) in [4.78, 5) is 0. The third kappa shape index (κ3) is 3.16. The summed E-state index contributed by atoms with van der Waals surface area (Å²) in [5.74, 6) is 0. The van der Waals surface area contributed by atoms with Gasteiger partial charge < -0.3 is 5.32 Å². The van der Waals surface area contributed by atoms with Crippen molar-refractivity contribution in [1.82, 2.24) is 5.32 Å². The molecule has 0 aromatic heterocycles. The molecule has 0 radical (unpaired) electrons. The third-order valence-corrected chi connectivity index (χ3v) is 1.65. The number of hydrogen-bond donors (Lipinski definition) is 1. The lowest BCUT2D eigenvalue weighted by molar-refractivity contribution is 0.223. The molecule has 0 aliphatic rings. The van der Waals surface area contributed by atoms with Gasteiger partial charge in [0.25, 0.3) is 0 Å². The Bertz CT molecular complexity index is 85.7. The van der Waals surface area contributed by atoms with E-state index in [1.807, 2.05) is 27.7 Å². The van der Waals surface area contributed by atoms with E-state index in [1.54, 1.807) is 0 Å². The Hall–Kier alpha value is -0.110. The maximum absolute atomic E-state index is 12.3. The zero-order valence-electron chi connectivity index (χ0n) is 7.37. The second kappa shape index (κ2) is 3.91. The molecule has 0 aromatic rings. The lowest BCUT2D eigenvalue weighted by Gasteiger charge is -2.28. The predicted molar refractivity (Wildman–Crippen MR) is 42.9 cm³/mol. The molecule has 0 saturated heterocycles. The molecule has 0 amide bonds. The minimum atomic E-state index is -0.280. The molecule has 0 aliphatic heterocycles. The third-order valence-electron chi connectivity index (χ3n) is 1.65. The zero-order valence-corrected chi connectivity index (χ0v) is 7.37. The number of rotatable bonds is 3. The fourth-order valence-electron chi connectivity index (χ4n) is 0.839. The van der Waals surface area contributed by atoms with Crippen LogP contribution in [0.15, 0.2) is 0 Å². The molecule has 0 rings (SSSR count). The van der Waals surface area contributed by atoms with E-state index >= 15 is 0 Å². The van der Waals surface area contributed by atoms with E-state index in [1.165, 1.54) is 0 Å². The SMILES string of the molecule is CCNC(CF)C(C)(C)C. The summed E-state index contributed by atoms with van der Waals surface area (Å²) in [5.41, 5.74) is 0.0325. The second-order valence-corrected chi connectivity index (χ2v) is 3.63. The molecule has 62 valence electrons. The first-order valence-electron chi connectivity index (χ1n) is 3.81. The summed E-state index contributed by atoms with van der Waals surface area (Å²) in [5, 5.41) is 3.10. The quantitative estimate of drug-likeness (QED) is 0.643. The highest BCUT2D eigenvalue weighted by Gasteiger charge is 2.22. The molecule has 0 aliphatic carbocycles. The minimum absolute atomic E-state index is 0.00231. The van der Waals surface area contributed by atoms with Gasteiger partial charge in [0.15, 0.2) is 0 Å². The van der Waals surface area contributed by atoms with Crippen molar-refractivity contribution in [1.29, 1.82) is 0 Å². The highest BCUT2D eigenvalue weighted by molar-refractivity contribution is 4.78. The van der Waals surface area contributed by atoms with Crippen molar-refractivity contribution in [3.63, 3.8) is 0 Å². The Morgan fingerprint density at radius 2 is 1.90 bits per heavy atom.